The van der Waals surface area contributed by atoms with Crippen LogP contribution >= 0.6 is 0 Å². The van der Waals surface area contributed by atoms with Gasteiger partial charge in [0.25, 0.3) is 0 Å². The van der Waals surface area contributed by atoms with E-state index >= 15 is 0 Å². The van der Waals surface area contributed by atoms with Crippen molar-refractivity contribution in [1.29, 1.82) is 0 Å². The highest BCUT2D eigenvalue weighted by atomic mass is 16.2. The molecule has 1 saturated heterocycles. The van der Waals surface area contributed by atoms with Gasteiger partial charge in [-0.25, -0.2) is 0 Å². The zero-order chi connectivity index (χ0) is 13.5. The summed E-state index contributed by atoms with van der Waals surface area (Å²) in [5.74, 6) is -0.311. The van der Waals surface area contributed by atoms with Crippen molar-refractivity contribution in [2.75, 3.05) is 39.3 Å². The molecular formula is C12H24N4O2. The number of likely N-dealkylation sites (N-methyl/N-ethyl adjacent to an activating group) is 1. The molecule has 0 saturated carbocycles. The van der Waals surface area contributed by atoms with Crippen molar-refractivity contribution >= 4 is 11.8 Å². The molecule has 1 fully saturated rings. The summed E-state index contributed by atoms with van der Waals surface area (Å²) in [6.07, 6.45) is 1.01. The van der Waals surface area contributed by atoms with Gasteiger partial charge in [0.05, 0.1) is 13.1 Å². The van der Waals surface area contributed by atoms with Crippen molar-refractivity contribution in [2.45, 2.75) is 26.3 Å². The van der Waals surface area contributed by atoms with Gasteiger partial charge in [-0.1, -0.05) is 13.8 Å². The van der Waals surface area contributed by atoms with Crippen molar-refractivity contribution in [1.82, 2.24) is 15.1 Å². The molecule has 3 N–H and O–H groups in total. The van der Waals surface area contributed by atoms with Crippen LogP contribution in [0.1, 0.15) is 20.3 Å². The summed E-state index contributed by atoms with van der Waals surface area (Å²) < 4.78 is 0. The van der Waals surface area contributed by atoms with Gasteiger partial charge in [-0.15, -0.1) is 0 Å². The normalized spacial score (nSPS) is 19.3. The number of nitrogens with zero attached hydrogens (tertiary/aromatic N) is 2. The van der Waals surface area contributed by atoms with Gasteiger partial charge in [-0.2, -0.15) is 0 Å². The largest absolute Gasteiger partial charge is 0.346 e. The summed E-state index contributed by atoms with van der Waals surface area (Å²) in [4.78, 5) is 27.0. The Morgan fingerprint density at radius 2 is 2.06 bits per heavy atom. The van der Waals surface area contributed by atoms with Gasteiger partial charge in [0, 0.05) is 19.1 Å². The molecule has 1 unspecified atom stereocenters. The first-order valence-electron chi connectivity index (χ1n) is 6.60. The molecule has 0 aromatic carbocycles. The molecule has 0 spiro atoms. The Bertz CT molecular complexity index is 292. The lowest BCUT2D eigenvalue weighted by atomic mass is 10.2. The minimum atomic E-state index is -0.289. The number of hydrogen-bond acceptors (Lipinski definition) is 4. The highest BCUT2D eigenvalue weighted by molar-refractivity contribution is 5.85. The van der Waals surface area contributed by atoms with Crippen LogP contribution in [0.2, 0.25) is 0 Å². The molecular weight excluding hydrogens is 232 g/mol. The Kier molecular flexibility index (Phi) is 6.07. The highest BCUT2D eigenvalue weighted by Crippen LogP contribution is 2.15. The van der Waals surface area contributed by atoms with Gasteiger partial charge < -0.3 is 16.0 Å². The molecule has 0 radical (unpaired) electrons. The Morgan fingerprint density at radius 1 is 1.39 bits per heavy atom. The Hall–Kier alpha value is -1.14. The molecule has 6 nitrogen and oxygen atoms in total. The molecule has 0 aliphatic carbocycles. The summed E-state index contributed by atoms with van der Waals surface area (Å²) in [6.45, 7) is 7.80. The number of carbonyl (C=O) groups excluding carboxylic acids is 2. The molecule has 0 aromatic rings. The van der Waals surface area contributed by atoms with Crippen LogP contribution in [0.15, 0.2) is 0 Å². The molecule has 6 heteroatoms. The first-order chi connectivity index (χ1) is 8.62. The third-order valence-corrected chi connectivity index (χ3v) is 3.47. The van der Waals surface area contributed by atoms with Crippen molar-refractivity contribution < 1.29 is 9.59 Å². The summed E-state index contributed by atoms with van der Waals surface area (Å²) in [5.41, 5.74) is 5.17. The van der Waals surface area contributed by atoms with E-state index in [1.807, 2.05) is 4.90 Å². The topological polar surface area (TPSA) is 78.7 Å². The Morgan fingerprint density at radius 3 is 2.61 bits per heavy atom. The number of nitrogens with one attached hydrogen (secondary N) is 1. The fourth-order valence-electron chi connectivity index (χ4n) is 2.36. The van der Waals surface area contributed by atoms with Crippen LogP contribution in [0.5, 0.6) is 0 Å². The monoisotopic (exact) mass is 256 g/mol. The fraction of sp³-hybridized carbons (Fsp3) is 0.833. The van der Waals surface area contributed by atoms with Crippen LogP contribution in [0.3, 0.4) is 0 Å². The number of rotatable bonds is 6. The zero-order valence-electron chi connectivity index (χ0n) is 11.3. The standard InChI is InChI=1S/C12H24N4O2/c1-3-15(4-2)10-5-6-16(9-10)12(18)8-14-11(17)7-13/h10H,3-9,13H2,1-2H3,(H,14,17). The van der Waals surface area contributed by atoms with Gasteiger partial charge in [0.1, 0.15) is 0 Å². The summed E-state index contributed by atoms with van der Waals surface area (Å²) >= 11 is 0. The van der Waals surface area contributed by atoms with E-state index < -0.39 is 0 Å². The molecule has 1 heterocycles. The molecule has 1 aliphatic heterocycles. The lowest BCUT2D eigenvalue weighted by molar-refractivity contribution is -0.131. The maximum Gasteiger partial charge on any atom is 0.242 e. The van der Waals surface area contributed by atoms with Gasteiger partial charge in [0.15, 0.2) is 0 Å². The molecule has 0 bridgehead atoms. The molecule has 1 rings (SSSR count). The van der Waals surface area contributed by atoms with Crippen LogP contribution in [0.4, 0.5) is 0 Å². The van der Waals surface area contributed by atoms with Crippen LogP contribution in [0, 0.1) is 0 Å². The summed E-state index contributed by atoms with van der Waals surface area (Å²) in [6, 6.07) is 0.453. The van der Waals surface area contributed by atoms with E-state index in [0.29, 0.717) is 6.04 Å². The van der Waals surface area contributed by atoms with Gasteiger partial charge in [-0.05, 0) is 19.5 Å². The van der Waals surface area contributed by atoms with Gasteiger partial charge in [-0.3, -0.25) is 14.5 Å². The van der Waals surface area contributed by atoms with Crippen LogP contribution in [-0.2, 0) is 9.59 Å². The van der Waals surface area contributed by atoms with E-state index in [1.54, 1.807) is 0 Å². The number of amides is 2. The second-order valence-electron chi connectivity index (χ2n) is 4.48. The molecule has 1 atom stereocenters. The smallest absolute Gasteiger partial charge is 0.242 e. The SMILES string of the molecule is CCN(CC)C1CCN(C(=O)CNC(=O)CN)C1. The molecule has 104 valence electrons. The molecule has 18 heavy (non-hydrogen) atoms. The Balaban J connectivity index is 2.36. The van der Waals surface area contributed by atoms with Gasteiger partial charge in [0.2, 0.25) is 11.8 Å². The first-order valence-corrected chi connectivity index (χ1v) is 6.60. The zero-order valence-corrected chi connectivity index (χ0v) is 11.3. The summed E-state index contributed by atoms with van der Waals surface area (Å²) in [5, 5.41) is 2.51. The average molecular weight is 256 g/mol. The van der Waals surface area contributed by atoms with Crippen LogP contribution in [-0.4, -0.2) is 66.9 Å². The second-order valence-corrected chi connectivity index (χ2v) is 4.48. The third-order valence-electron chi connectivity index (χ3n) is 3.47. The van der Waals surface area contributed by atoms with Crippen molar-refractivity contribution in [2.24, 2.45) is 5.73 Å². The van der Waals surface area contributed by atoms with Crippen LogP contribution in [0.25, 0.3) is 0 Å². The van der Waals surface area contributed by atoms with E-state index in [2.05, 4.69) is 24.1 Å². The first kappa shape index (κ1) is 14.9. The van der Waals surface area contributed by atoms with Crippen molar-refractivity contribution in [3.05, 3.63) is 0 Å². The lowest BCUT2D eigenvalue weighted by Crippen LogP contribution is -2.43. The number of carbonyl (C=O) groups is 2. The van der Waals surface area contributed by atoms with E-state index in [0.717, 1.165) is 32.6 Å². The highest BCUT2D eigenvalue weighted by Gasteiger charge is 2.28. The molecule has 1 aliphatic rings. The minimum Gasteiger partial charge on any atom is -0.346 e. The van der Waals surface area contributed by atoms with E-state index in [-0.39, 0.29) is 24.9 Å². The third kappa shape index (κ3) is 3.96. The van der Waals surface area contributed by atoms with E-state index in [1.165, 1.54) is 0 Å². The number of nitrogens with two attached hydrogens (primary N) is 1. The maximum atomic E-state index is 11.9. The van der Waals surface area contributed by atoms with Crippen LogP contribution < -0.4 is 11.1 Å². The van der Waals surface area contributed by atoms with Crippen molar-refractivity contribution in [3.8, 4) is 0 Å². The minimum absolute atomic E-state index is 0.0218. The molecule has 2 amide bonds. The molecule has 0 aromatic heterocycles. The number of likely N-dealkylation sites (tertiary alicyclic amines) is 1. The van der Waals surface area contributed by atoms with E-state index in [4.69, 9.17) is 5.73 Å². The van der Waals surface area contributed by atoms with Crippen molar-refractivity contribution in [3.63, 3.8) is 0 Å². The maximum absolute atomic E-state index is 11.9. The van der Waals surface area contributed by atoms with E-state index in [9.17, 15) is 9.59 Å². The predicted molar refractivity (Wildman–Crippen MR) is 70.0 cm³/mol. The lowest BCUT2D eigenvalue weighted by Gasteiger charge is -2.26. The Labute approximate surface area is 108 Å². The quantitative estimate of drug-likeness (QED) is 0.639. The predicted octanol–water partition coefficient (Wildman–Crippen LogP) is -0.996. The fourth-order valence-corrected chi connectivity index (χ4v) is 2.36. The number of hydrogen-bond donors (Lipinski definition) is 2. The average Bonchev–Trinajstić information content (AvgIpc) is 2.86. The summed E-state index contributed by atoms with van der Waals surface area (Å²) in [7, 11) is 0. The second kappa shape index (κ2) is 7.33. The van der Waals surface area contributed by atoms with Gasteiger partial charge >= 0.3 is 0 Å².